The first-order valence-corrected chi connectivity index (χ1v) is 6.04. The van der Waals surface area contributed by atoms with E-state index in [0.717, 1.165) is 11.3 Å². The van der Waals surface area contributed by atoms with Gasteiger partial charge in [0.05, 0.1) is 10.7 Å². The van der Waals surface area contributed by atoms with Gasteiger partial charge in [0, 0.05) is 18.5 Å². The van der Waals surface area contributed by atoms with Crippen molar-refractivity contribution >= 4 is 34.5 Å². The Morgan fingerprint density at radius 3 is 2.94 bits per heavy atom. The Hall–Kier alpha value is -1.66. The number of hydrogen-bond acceptors (Lipinski definition) is 5. The molecule has 1 aromatic heterocycles. The summed E-state index contributed by atoms with van der Waals surface area (Å²) < 4.78 is 4.64. The minimum Gasteiger partial charge on any atom is -0.389 e. The number of rotatable bonds is 5. The van der Waals surface area contributed by atoms with Crippen LogP contribution in [0.5, 0.6) is 0 Å². The number of nitrogens with zero attached hydrogens (tertiary/aromatic N) is 2. The highest BCUT2D eigenvalue weighted by Crippen LogP contribution is 2.22. The van der Waals surface area contributed by atoms with Crippen LogP contribution in [0.3, 0.4) is 0 Å². The standard InChI is InChI=1S/C11H11ClN4OS/c12-8-5-7(11(13)18)1-2-9(8)14-4-3-10-15-6-17-16-10/h1-2,5-6,14H,3-4H2,(H2,13,18). The molecule has 0 unspecified atom stereocenters. The summed E-state index contributed by atoms with van der Waals surface area (Å²) in [6.07, 6.45) is 1.96. The zero-order valence-corrected chi connectivity index (χ0v) is 11.0. The number of aromatic nitrogens is 2. The molecule has 7 heteroatoms. The van der Waals surface area contributed by atoms with Crippen molar-refractivity contribution in [1.29, 1.82) is 0 Å². The number of nitrogens with one attached hydrogen (secondary N) is 1. The molecular weight excluding hydrogens is 272 g/mol. The summed E-state index contributed by atoms with van der Waals surface area (Å²) in [7, 11) is 0. The molecule has 5 nitrogen and oxygen atoms in total. The summed E-state index contributed by atoms with van der Waals surface area (Å²) in [5.74, 6) is 0.651. The zero-order valence-electron chi connectivity index (χ0n) is 9.39. The lowest BCUT2D eigenvalue weighted by atomic mass is 10.2. The molecule has 2 aromatic rings. The predicted molar refractivity (Wildman–Crippen MR) is 73.8 cm³/mol. The Kier molecular flexibility index (Phi) is 4.11. The summed E-state index contributed by atoms with van der Waals surface area (Å²) >= 11 is 11.0. The molecule has 0 saturated carbocycles. The highest BCUT2D eigenvalue weighted by atomic mass is 35.5. The van der Waals surface area contributed by atoms with Crippen molar-refractivity contribution < 1.29 is 4.52 Å². The maximum atomic E-state index is 6.11. The van der Waals surface area contributed by atoms with Gasteiger partial charge in [-0.25, -0.2) is 0 Å². The van der Waals surface area contributed by atoms with Crippen molar-refractivity contribution in [3.8, 4) is 0 Å². The molecule has 3 N–H and O–H groups in total. The van der Waals surface area contributed by atoms with Crippen LogP contribution in [0.2, 0.25) is 5.02 Å². The molecule has 2 rings (SSSR count). The molecule has 0 fully saturated rings. The third kappa shape index (κ3) is 3.18. The fourth-order valence-electron chi connectivity index (χ4n) is 1.42. The van der Waals surface area contributed by atoms with Crippen molar-refractivity contribution in [2.24, 2.45) is 5.73 Å². The van der Waals surface area contributed by atoms with E-state index in [9.17, 15) is 0 Å². The molecule has 1 heterocycles. The van der Waals surface area contributed by atoms with Gasteiger partial charge in [-0.3, -0.25) is 0 Å². The van der Waals surface area contributed by atoms with Crippen molar-refractivity contribution in [1.82, 2.24) is 10.1 Å². The van der Waals surface area contributed by atoms with E-state index in [4.69, 9.17) is 29.6 Å². The maximum Gasteiger partial charge on any atom is 0.213 e. The van der Waals surface area contributed by atoms with E-state index in [1.165, 1.54) is 6.39 Å². The van der Waals surface area contributed by atoms with Gasteiger partial charge in [0.2, 0.25) is 6.39 Å². The lowest BCUT2D eigenvalue weighted by Gasteiger charge is -2.08. The third-order valence-corrected chi connectivity index (χ3v) is 2.87. The van der Waals surface area contributed by atoms with E-state index >= 15 is 0 Å². The van der Waals surface area contributed by atoms with Gasteiger partial charge >= 0.3 is 0 Å². The SMILES string of the molecule is NC(=S)c1ccc(NCCc2ncon2)c(Cl)c1. The van der Waals surface area contributed by atoms with Gasteiger partial charge in [0.1, 0.15) is 4.99 Å². The Bertz CT molecular complexity index is 544. The Morgan fingerprint density at radius 2 is 2.33 bits per heavy atom. The average Bonchev–Trinajstić information content (AvgIpc) is 2.84. The van der Waals surface area contributed by atoms with Crippen LogP contribution in [-0.2, 0) is 6.42 Å². The summed E-state index contributed by atoms with van der Waals surface area (Å²) in [6.45, 7) is 0.658. The van der Waals surface area contributed by atoms with Crippen LogP contribution >= 0.6 is 23.8 Å². The number of hydrogen-bond donors (Lipinski definition) is 2. The predicted octanol–water partition coefficient (Wildman–Crippen LogP) is 2.01. The van der Waals surface area contributed by atoms with E-state index in [2.05, 4.69) is 20.0 Å². The second-order valence-electron chi connectivity index (χ2n) is 3.58. The first kappa shape index (κ1) is 12.8. The fraction of sp³-hybridized carbons (Fsp3) is 0.182. The first-order valence-electron chi connectivity index (χ1n) is 5.25. The van der Waals surface area contributed by atoms with Crippen LogP contribution in [-0.4, -0.2) is 21.7 Å². The van der Waals surface area contributed by atoms with Crippen LogP contribution in [0.15, 0.2) is 29.1 Å². The highest BCUT2D eigenvalue weighted by molar-refractivity contribution is 7.80. The lowest BCUT2D eigenvalue weighted by molar-refractivity contribution is 0.410. The molecule has 0 radical (unpaired) electrons. The van der Waals surface area contributed by atoms with Crippen molar-refractivity contribution in [3.63, 3.8) is 0 Å². The fourth-order valence-corrected chi connectivity index (χ4v) is 1.80. The molecule has 1 aromatic carbocycles. The van der Waals surface area contributed by atoms with Crippen LogP contribution in [0.25, 0.3) is 0 Å². The van der Waals surface area contributed by atoms with Gasteiger partial charge in [-0.1, -0.05) is 29.0 Å². The van der Waals surface area contributed by atoms with E-state index in [1.54, 1.807) is 6.07 Å². The quantitative estimate of drug-likeness (QED) is 0.817. The van der Waals surface area contributed by atoms with Crippen LogP contribution < -0.4 is 11.1 Å². The molecule has 94 valence electrons. The number of halogens is 1. The van der Waals surface area contributed by atoms with Gasteiger partial charge in [-0.2, -0.15) is 4.98 Å². The molecule has 0 aliphatic rings. The van der Waals surface area contributed by atoms with E-state index in [0.29, 0.717) is 28.8 Å². The molecule has 0 aliphatic carbocycles. The molecule has 0 saturated heterocycles. The van der Waals surface area contributed by atoms with Crippen molar-refractivity contribution in [2.45, 2.75) is 6.42 Å². The molecule has 0 aliphatic heterocycles. The van der Waals surface area contributed by atoms with Gasteiger partial charge < -0.3 is 15.6 Å². The Labute approximate surface area is 114 Å². The minimum absolute atomic E-state index is 0.329. The van der Waals surface area contributed by atoms with Crippen LogP contribution in [0.1, 0.15) is 11.4 Å². The largest absolute Gasteiger partial charge is 0.389 e. The van der Waals surface area contributed by atoms with Gasteiger partial charge in [0.25, 0.3) is 0 Å². The summed E-state index contributed by atoms with van der Waals surface area (Å²) in [4.78, 5) is 4.25. The van der Waals surface area contributed by atoms with Gasteiger partial charge in [-0.05, 0) is 18.2 Å². The number of nitrogens with two attached hydrogens (primary N) is 1. The molecule has 0 bridgehead atoms. The molecule has 0 atom stereocenters. The smallest absolute Gasteiger partial charge is 0.213 e. The van der Waals surface area contributed by atoms with E-state index < -0.39 is 0 Å². The second-order valence-corrected chi connectivity index (χ2v) is 4.43. The highest BCUT2D eigenvalue weighted by Gasteiger charge is 2.04. The van der Waals surface area contributed by atoms with Crippen LogP contribution in [0.4, 0.5) is 5.69 Å². The number of thiocarbonyl (C=S) groups is 1. The average molecular weight is 283 g/mol. The van der Waals surface area contributed by atoms with E-state index in [1.807, 2.05) is 12.1 Å². The monoisotopic (exact) mass is 282 g/mol. The number of anilines is 1. The summed E-state index contributed by atoms with van der Waals surface area (Å²) in [6, 6.07) is 5.40. The topological polar surface area (TPSA) is 77.0 Å². The third-order valence-electron chi connectivity index (χ3n) is 2.32. The first-order chi connectivity index (χ1) is 8.66. The Balaban J connectivity index is 1.95. The van der Waals surface area contributed by atoms with Gasteiger partial charge in [0.15, 0.2) is 5.82 Å². The zero-order chi connectivity index (χ0) is 13.0. The Morgan fingerprint density at radius 1 is 1.50 bits per heavy atom. The summed E-state index contributed by atoms with van der Waals surface area (Å²) in [5, 5.41) is 7.47. The minimum atomic E-state index is 0.329. The van der Waals surface area contributed by atoms with Crippen LogP contribution in [0, 0.1) is 0 Å². The number of benzene rings is 1. The van der Waals surface area contributed by atoms with Gasteiger partial charge in [-0.15, -0.1) is 0 Å². The normalized spacial score (nSPS) is 10.3. The molecule has 0 amide bonds. The van der Waals surface area contributed by atoms with Crippen molar-refractivity contribution in [2.75, 3.05) is 11.9 Å². The molecule has 18 heavy (non-hydrogen) atoms. The molecule has 0 spiro atoms. The molecular formula is C11H11ClN4OS. The van der Waals surface area contributed by atoms with Crippen molar-refractivity contribution in [3.05, 3.63) is 41.0 Å². The summed E-state index contributed by atoms with van der Waals surface area (Å²) in [5.41, 5.74) is 7.09. The lowest BCUT2D eigenvalue weighted by Crippen LogP contribution is -2.10. The second kappa shape index (κ2) is 5.79. The maximum absolute atomic E-state index is 6.11. The van der Waals surface area contributed by atoms with E-state index in [-0.39, 0.29) is 0 Å².